The fourth-order valence-electron chi connectivity index (χ4n) is 3.87. The van der Waals surface area contributed by atoms with Gasteiger partial charge in [-0.1, -0.05) is 6.07 Å². The fourth-order valence-corrected chi connectivity index (χ4v) is 3.87. The minimum atomic E-state index is -0.784. The van der Waals surface area contributed by atoms with E-state index in [1.54, 1.807) is 56.7 Å². The quantitative estimate of drug-likeness (QED) is 0.253. The van der Waals surface area contributed by atoms with E-state index >= 15 is 0 Å². The molecule has 33 heavy (non-hydrogen) atoms. The summed E-state index contributed by atoms with van der Waals surface area (Å²) in [5, 5.41) is 11.1. The fraction of sp³-hybridized carbons (Fsp3) is 0.360. The largest absolute Gasteiger partial charge is 0.507 e. The summed E-state index contributed by atoms with van der Waals surface area (Å²) in [5.41, 5.74) is 1.06. The van der Waals surface area contributed by atoms with Crippen molar-refractivity contribution in [2.24, 2.45) is 0 Å². The number of nitrogens with zero attached hydrogens (tertiary/aromatic N) is 1. The van der Waals surface area contributed by atoms with E-state index in [-0.39, 0.29) is 17.9 Å². The van der Waals surface area contributed by atoms with Gasteiger partial charge in [-0.15, -0.1) is 0 Å². The van der Waals surface area contributed by atoms with E-state index in [4.69, 9.17) is 18.9 Å². The van der Waals surface area contributed by atoms with Crippen LogP contribution in [0.5, 0.6) is 17.2 Å². The minimum Gasteiger partial charge on any atom is -0.507 e. The zero-order valence-corrected chi connectivity index (χ0v) is 19.3. The number of carbonyl (C=O) groups excluding carboxylic acids is 2. The number of aliphatic hydroxyl groups is 1. The molecule has 0 unspecified atom stereocenters. The number of Topliss-reactive ketones (excluding diaryl/α,β-unsaturated/α-hetero) is 1. The van der Waals surface area contributed by atoms with Crippen molar-refractivity contribution in [1.82, 2.24) is 4.90 Å². The molecule has 0 aliphatic carbocycles. The molecular weight excluding hydrogens is 426 g/mol. The van der Waals surface area contributed by atoms with Crippen molar-refractivity contribution in [3.8, 4) is 17.2 Å². The number of benzene rings is 2. The van der Waals surface area contributed by atoms with Crippen molar-refractivity contribution in [2.45, 2.75) is 19.4 Å². The first kappa shape index (κ1) is 24.1. The van der Waals surface area contributed by atoms with E-state index in [2.05, 4.69) is 0 Å². The lowest BCUT2D eigenvalue weighted by atomic mass is 9.95. The van der Waals surface area contributed by atoms with Gasteiger partial charge < -0.3 is 29.0 Å². The van der Waals surface area contributed by atoms with E-state index in [0.717, 1.165) is 0 Å². The maximum atomic E-state index is 13.1. The molecule has 1 saturated heterocycles. The molecule has 0 aromatic heterocycles. The van der Waals surface area contributed by atoms with Crippen LogP contribution in [0.3, 0.4) is 0 Å². The molecule has 3 rings (SSSR count). The summed E-state index contributed by atoms with van der Waals surface area (Å²) >= 11 is 0. The Morgan fingerprint density at radius 3 is 2.33 bits per heavy atom. The third kappa shape index (κ3) is 4.96. The second-order valence-corrected chi connectivity index (χ2v) is 7.41. The molecule has 8 heteroatoms. The predicted octanol–water partition coefficient (Wildman–Crippen LogP) is 3.56. The summed E-state index contributed by atoms with van der Waals surface area (Å²) < 4.78 is 21.3. The van der Waals surface area contributed by atoms with E-state index in [1.807, 2.05) is 6.92 Å². The Morgan fingerprint density at radius 2 is 1.73 bits per heavy atom. The lowest BCUT2D eigenvalue weighted by molar-refractivity contribution is -0.140. The summed E-state index contributed by atoms with van der Waals surface area (Å²) in [6.07, 6.45) is 0.538. The highest BCUT2D eigenvalue weighted by molar-refractivity contribution is 6.46. The third-order valence-corrected chi connectivity index (χ3v) is 5.45. The molecule has 176 valence electrons. The van der Waals surface area contributed by atoms with E-state index < -0.39 is 17.7 Å². The van der Waals surface area contributed by atoms with Gasteiger partial charge in [-0.05, 0) is 55.3 Å². The average molecular weight is 456 g/mol. The zero-order chi connectivity index (χ0) is 24.0. The minimum absolute atomic E-state index is 0.0220. The third-order valence-electron chi connectivity index (χ3n) is 5.45. The van der Waals surface area contributed by atoms with Gasteiger partial charge in [0.15, 0.2) is 11.5 Å². The van der Waals surface area contributed by atoms with Crippen LogP contribution in [0.4, 0.5) is 0 Å². The van der Waals surface area contributed by atoms with Crippen molar-refractivity contribution in [2.75, 3.05) is 41.1 Å². The molecule has 1 aliphatic rings. The first-order valence-corrected chi connectivity index (χ1v) is 10.7. The Balaban J connectivity index is 2.13. The highest BCUT2D eigenvalue weighted by atomic mass is 16.5. The summed E-state index contributed by atoms with van der Waals surface area (Å²) in [5.74, 6) is -0.0171. The van der Waals surface area contributed by atoms with Crippen LogP contribution in [0, 0.1) is 0 Å². The lowest BCUT2D eigenvalue weighted by Crippen LogP contribution is -2.31. The van der Waals surface area contributed by atoms with Gasteiger partial charge >= 0.3 is 0 Å². The number of amides is 1. The molecule has 1 N–H and O–H groups in total. The monoisotopic (exact) mass is 455 g/mol. The van der Waals surface area contributed by atoms with E-state index in [0.29, 0.717) is 48.0 Å². The maximum absolute atomic E-state index is 13.1. The molecule has 1 aliphatic heterocycles. The molecule has 0 spiro atoms. The van der Waals surface area contributed by atoms with Gasteiger partial charge in [-0.2, -0.15) is 0 Å². The van der Waals surface area contributed by atoms with E-state index in [1.165, 1.54) is 12.0 Å². The Hall–Kier alpha value is -3.52. The number of rotatable bonds is 10. The molecule has 1 amide bonds. The smallest absolute Gasteiger partial charge is 0.295 e. The van der Waals surface area contributed by atoms with Crippen molar-refractivity contribution >= 4 is 17.4 Å². The number of likely N-dealkylation sites (tertiary alicyclic amines) is 1. The van der Waals surface area contributed by atoms with Crippen LogP contribution >= 0.6 is 0 Å². The number of ketones is 1. The van der Waals surface area contributed by atoms with Gasteiger partial charge in [0.1, 0.15) is 11.5 Å². The normalized spacial score (nSPS) is 17.3. The molecule has 2 aromatic rings. The van der Waals surface area contributed by atoms with Crippen molar-refractivity contribution < 1.29 is 33.6 Å². The molecule has 0 bridgehead atoms. The van der Waals surface area contributed by atoms with Crippen LogP contribution in [0.1, 0.15) is 30.5 Å². The van der Waals surface area contributed by atoms with Crippen molar-refractivity contribution in [1.29, 1.82) is 0 Å². The zero-order valence-electron chi connectivity index (χ0n) is 19.3. The molecule has 1 fully saturated rings. The summed E-state index contributed by atoms with van der Waals surface area (Å²) in [6.45, 7) is 3.05. The van der Waals surface area contributed by atoms with Crippen LogP contribution in [0.15, 0.2) is 48.0 Å². The Morgan fingerprint density at radius 1 is 1.00 bits per heavy atom. The van der Waals surface area contributed by atoms with Crippen LogP contribution in [-0.4, -0.2) is 62.8 Å². The first-order chi connectivity index (χ1) is 16.0. The van der Waals surface area contributed by atoms with Crippen LogP contribution in [0.25, 0.3) is 5.76 Å². The van der Waals surface area contributed by atoms with Gasteiger partial charge in [0, 0.05) is 25.8 Å². The van der Waals surface area contributed by atoms with Gasteiger partial charge in [0.2, 0.25) is 0 Å². The van der Waals surface area contributed by atoms with E-state index in [9.17, 15) is 14.7 Å². The highest BCUT2D eigenvalue weighted by Gasteiger charge is 2.46. The molecule has 1 atom stereocenters. The predicted molar refractivity (Wildman–Crippen MR) is 123 cm³/mol. The number of carbonyl (C=O) groups is 2. The molecule has 0 radical (unpaired) electrons. The highest BCUT2D eigenvalue weighted by Crippen LogP contribution is 2.42. The molecule has 0 saturated carbocycles. The number of ether oxygens (including phenoxy) is 4. The van der Waals surface area contributed by atoms with Crippen LogP contribution in [0.2, 0.25) is 0 Å². The van der Waals surface area contributed by atoms with Crippen LogP contribution < -0.4 is 14.2 Å². The maximum Gasteiger partial charge on any atom is 0.295 e. The summed E-state index contributed by atoms with van der Waals surface area (Å²) in [4.78, 5) is 27.5. The SMILES string of the molecule is CCOc1ccc([C@@H]2/C(=C(\O)c3ccc(OC)cc3)C(=O)C(=O)N2CCCOC)cc1OC. The number of aliphatic hydroxyl groups excluding tert-OH is 1. The topological polar surface area (TPSA) is 94.5 Å². The van der Waals surface area contributed by atoms with Crippen molar-refractivity contribution in [3.05, 3.63) is 59.2 Å². The molecular formula is C25H29NO7. The van der Waals surface area contributed by atoms with Gasteiger partial charge in [0.25, 0.3) is 11.7 Å². The molecule has 1 heterocycles. The lowest BCUT2D eigenvalue weighted by Gasteiger charge is -2.26. The Kier molecular flexibility index (Phi) is 7.95. The van der Waals surface area contributed by atoms with Gasteiger partial charge in [-0.25, -0.2) is 0 Å². The van der Waals surface area contributed by atoms with Gasteiger partial charge in [0.05, 0.1) is 32.4 Å². The summed E-state index contributed by atoms with van der Waals surface area (Å²) in [7, 11) is 4.64. The Bertz CT molecular complexity index is 1030. The number of hydrogen-bond donors (Lipinski definition) is 1. The molecule has 8 nitrogen and oxygen atoms in total. The average Bonchev–Trinajstić information content (AvgIpc) is 3.09. The van der Waals surface area contributed by atoms with Crippen LogP contribution in [-0.2, 0) is 14.3 Å². The van der Waals surface area contributed by atoms with Gasteiger partial charge in [-0.3, -0.25) is 9.59 Å². The Labute approximate surface area is 193 Å². The number of methoxy groups -OCH3 is 3. The first-order valence-electron chi connectivity index (χ1n) is 10.7. The van der Waals surface area contributed by atoms with Crippen molar-refractivity contribution in [3.63, 3.8) is 0 Å². The standard InChI is InChI=1S/C25H29NO7/c1-5-33-19-12-9-17(15-20(19)32-4)22-21(23(27)16-7-10-18(31-3)11-8-16)24(28)25(29)26(22)13-6-14-30-2/h7-12,15,22,27H,5-6,13-14H2,1-4H3/b23-21+/t22-/m1/s1. The number of hydrogen-bond acceptors (Lipinski definition) is 7. The molecule has 2 aromatic carbocycles. The summed E-state index contributed by atoms with van der Waals surface area (Å²) in [6, 6.07) is 11.1. The second-order valence-electron chi connectivity index (χ2n) is 7.41. The second kappa shape index (κ2) is 10.9.